The van der Waals surface area contributed by atoms with Crippen molar-refractivity contribution in [1.29, 1.82) is 0 Å². The van der Waals surface area contributed by atoms with Gasteiger partial charge in [-0.05, 0) is 32.2 Å². The highest BCUT2D eigenvalue weighted by Gasteiger charge is 2.23. The van der Waals surface area contributed by atoms with Crippen LogP contribution in [-0.4, -0.2) is 43.7 Å². The summed E-state index contributed by atoms with van der Waals surface area (Å²) in [7, 11) is 4.01. The number of anilines is 2. The quantitative estimate of drug-likeness (QED) is 0.863. The molecular weight excluding hydrogens is 226 g/mol. The molecule has 1 aliphatic heterocycles. The monoisotopic (exact) mass is 249 g/mol. The van der Waals surface area contributed by atoms with Crippen molar-refractivity contribution in [1.82, 2.24) is 9.97 Å². The summed E-state index contributed by atoms with van der Waals surface area (Å²) in [6.07, 6.45) is 2.33. The van der Waals surface area contributed by atoms with Gasteiger partial charge in [0.05, 0.1) is 0 Å². The SMILES string of the molecule is Cc1nc(N(C)C)cc(N2CCC(CCN)C2)n1. The highest BCUT2D eigenvalue weighted by molar-refractivity contribution is 5.50. The Kier molecular flexibility index (Phi) is 4.01. The van der Waals surface area contributed by atoms with Gasteiger partial charge in [0.2, 0.25) is 0 Å². The Hall–Kier alpha value is -1.36. The minimum Gasteiger partial charge on any atom is -0.363 e. The number of nitrogens with zero attached hydrogens (tertiary/aromatic N) is 4. The fraction of sp³-hybridized carbons (Fsp3) is 0.692. The van der Waals surface area contributed by atoms with Crippen molar-refractivity contribution < 1.29 is 0 Å². The summed E-state index contributed by atoms with van der Waals surface area (Å²) in [6.45, 7) is 4.88. The lowest BCUT2D eigenvalue weighted by molar-refractivity contribution is 0.546. The maximum atomic E-state index is 5.63. The number of aryl methyl sites for hydroxylation is 1. The molecule has 0 amide bonds. The molecule has 100 valence electrons. The third-order valence-corrected chi connectivity index (χ3v) is 3.45. The Bertz CT molecular complexity index is 404. The number of aromatic nitrogens is 2. The second kappa shape index (κ2) is 5.52. The first-order valence-electron chi connectivity index (χ1n) is 6.58. The van der Waals surface area contributed by atoms with Gasteiger partial charge in [0.15, 0.2) is 0 Å². The largest absolute Gasteiger partial charge is 0.363 e. The standard InChI is InChI=1S/C13H23N5/c1-10-15-12(17(2)3)8-13(16-10)18-7-5-11(9-18)4-6-14/h8,11H,4-7,9,14H2,1-3H3. The Morgan fingerprint density at radius 3 is 2.89 bits per heavy atom. The van der Waals surface area contributed by atoms with E-state index in [1.165, 1.54) is 6.42 Å². The highest BCUT2D eigenvalue weighted by Crippen LogP contribution is 2.25. The molecule has 5 heteroatoms. The first kappa shape index (κ1) is 13.1. The Morgan fingerprint density at radius 2 is 2.22 bits per heavy atom. The van der Waals surface area contributed by atoms with Crippen LogP contribution in [-0.2, 0) is 0 Å². The molecule has 1 aliphatic rings. The van der Waals surface area contributed by atoms with E-state index in [1.54, 1.807) is 0 Å². The molecule has 0 spiro atoms. The summed E-state index contributed by atoms with van der Waals surface area (Å²) >= 11 is 0. The van der Waals surface area contributed by atoms with Gasteiger partial charge in [-0.15, -0.1) is 0 Å². The maximum Gasteiger partial charge on any atom is 0.134 e. The Morgan fingerprint density at radius 1 is 1.44 bits per heavy atom. The lowest BCUT2D eigenvalue weighted by Crippen LogP contribution is -2.23. The zero-order valence-corrected chi connectivity index (χ0v) is 11.6. The predicted molar refractivity (Wildman–Crippen MR) is 75.1 cm³/mol. The number of hydrogen-bond donors (Lipinski definition) is 1. The van der Waals surface area contributed by atoms with Gasteiger partial charge in [-0.2, -0.15) is 0 Å². The molecule has 2 heterocycles. The minimum absolute atomic E-state index is 0.716. The molecule has 0 bridgehead atoms. The van der Waals surface area contributed by atoms with Gasteiger partial charge in [-0.3, -0.25) is 0 Å². The van der Waals surface area contributed by atoms with Gasteiger partial charge in [0.1, 0.15) is 17.5 Å². The van der Waals surface area contributed by atoms with Gasteiger partial charge in [0.25, 0.3) is 0 Å². The van der Waals surface area contributed by atoms with Gasteiger partial charge in [-0.1, -0.05) is 0 Å². The lowest BCUT2D eigenvalue weighted by atomic mass is 10.1. The highest BCUT2D eigenvalue weighted by atomic mass is 15.2. The van der Waals surface area contributed by atoms with Crippen LogP contribution in [0.1, 0.15) is 18.7 Å². The van der Waals surface area contributed by atoms with E-state index in [9.17, 15) is 0 Å². The van der Waals surface area contributed by atoms with Crippen LogP contribution in [0.15, 0.2) is 6.07 Å². The van der Waals surface area contributed by atoms with E-state index in [2.05, 4.69) is 20.9 Å². The van der Waals surface area contributed by atoms with Gasteiger partial charge < -0.3 is 15.5 Å². The van der Waals surface area contributed by atoms with E-state index in [-0.39, 0.29) is 0 Å². The zero-order valence-electron chi connectivity index (χ0n) is 11.6. The molecule has 1 aromatic rings. The molecule has 2 N–H and O–H groups in total. The Labute approximate surface area is 109 Å². The average Bonchev–Trinajstić information content (AvgIpc) is 2.77. The Balaban J connectivity index is 2.14. The van der Waals surface area contributed by atoms with Crippen LogP contribution in [0, 0.1) is 12.8 Å². The summed E-state index contributed by atoms with van der Waals surface area (Å²) < 4.78 is 0. The van der Waals surface area contributed by atoms with Crippen LogP contribution in [0.25, 0.3) is 0 Å². The van der Waals surface area contributed by atoms with Gasteiger partial charge >= 0.3 is 0 Å². The molecule has 1 atom stereocenters. The van der Waals surface area contributed by atoms with Gasteiger partial charge in [-0.25, -0.2) is 9.97 Å². The van der Waals surface area contributed by atoms with E-state index >= 15 is 0 Å². The average molecular weight is 249 g/mol. The molecule has 0 aliphatic carbocycles. The fourth-order valence-corrected chi connectivity index (χ4v) is 2.44. The minimum atomic E-state index is 0.716. The number of hydrogen-bond acceptors (Lipinski definition) is 5. The summed E-state index contributed by atoms with van der Waals surface area (Å²) in [5.74, 6) is 3.57. The van der Waals surface area contributed by atoms with Crippen molar-refractivity contribution in [2.24, 2.45) is 11.7 Å². The molecular formula is C13H23N5. The van der Waals surface area contributed by atoms with E-state index in [0.717, 1.165) is 43.5 Å². The van der Waals surface area contributed by atoms with Crippen molar-refractivity contribution >= 4 is 11.6 Å². The molecule has 0 aromatic carbocycles. The van der Waals surface area contributed by atoms with Crippen LogP contribution in [0.4, 0.5) is 11.6 Å². The molecule has 1 fully saturated rings. The lowest BCUT2D eigenvalue weighted by Gasteiger charge is -2.20. The molecule has 1 aromatic heterocycles. The maximum absolute atomic E-state index is 5.63. The molecule has 5 nitrogen and oxygen atoms in total. The first-order chi connectivity index (χ1) is 8.60. The summed E-state index contributed by atoms with van der Waals surface area (Å²) in [6, 6.07) is 2.07. The summed E-state index contributed by atoms with van der Waals surface area (Å²) in [5.41, 5.74) is 5.63. The van der Waals surface area contributed by atoms with E-state index in [1.807, 2.05) is 25.9 Å². The van der Waals surface area contributed by atoms with Crippen molar-refractivity contribution in [3.63, 3.8) is 0 Å². The van der Waals surface area contributed by atoms with Crippen molar-refractivity contribution in [2.45, 2.75) is 19.8 Å². The normalized spacial score (nSPS) is 19.3. The second-order valence-corrected chi connectivity index (χ2v) is 5.20. The third-order valence-electron chi connectivity index (χ3n) is 3.45. The predicted octanol–water partition coefficient (Wildman–Crippen LogP) is 1.03. The van der Waals surface area contributed by atoms with Crippen molar-refractivity contribution in [3.8, 4) is 0 Å². The molecule has 2 rings (SSSR count). The van der Waals surface area contributed by atoms with E-state index in [4.69, 9.17) is 5.73 Å². The summed E-state index contributed by atoms with van der Waals surface area (Å²) in [5, 5.41) is 0. The topological polar surface area (TPSA) is 58.3 Å². The van der Waals surface area contributed by atoms with Crippen LogP contribution in [0.2, 0.25) is 0 Å². The number of nitrogens with two attached hydrogens (primary N) is 1. The summed E-state index contributed by atoms with van der Waals surface area (Å²) in [4.78, 5) is 13.3. The fourth-order valence-electron chi connectivity index (χ4n) is 2.44. The zero-order chi connectivity index (χ0) is 13.1. The molecule has 0 saturated carbocycles. The van der Waals surface area contributed by atoms with E-state index < -0.39 is 0 Å². The van der Waals surface area contributed by atoms with E-state index in [0.29, 0.717) is 5.92 Å². The smallest absolute Gasteiger partial charge is 0.134 e. The molecule has 1 unspecified atom stereocenters. The third kappa shape index (κ3) is 2.90. The van der Waals surface area contributed by atoms with Crippen LogP contribution < -0.4 is 15.5 Å². The molecule has 18 heavy (non-hydrogen) atoms. The molecule has 1 saturated heterocycles. The second-order valence-electron chi connectivity index (χ2n) is 5.20. The van der Waals surface area contributed by atoms with Gasteiger partial charge in [0, 0.05) is 33.3 Å². The van der Waals surface area contributed by atoms with Crippen molar-refractivity contribution in [3.05, 3.63) is 11.9 Å². The van der Waals surface area contributed by atoms with Crippen LogP contribution in [0.5, 0.6) is 0 Å². The first-order valence-corrected chi connectivity index (χ1v) is 6.58. The van der Waals surface area contributed by atoms with Crippen LogP contribution >= 0.6 is 0 Å². The molecule has 0 radical (unpaired) electrons. The van der Waals surface area contributed by atoms with Crippen molar-refractivity contribution in [2.75, 3.05) is 43.5 Å². The van der Waals surface area contributed by atoms with Crippen LogP contribution in [0.3, 0.4) is 0 Å². The number of rotatable bonds is 4.